The third-order valence-electron chi connectivity index (χ3n) is 4.98. The molecule has 2 aromatic heterocycles. The Labute approximate surface area is 195 Å². The van der Waals surface area contributed by atoms with Crippen LogP contribution in [-0.2, 0) is 0 Å². The first kappa shape index (κ1) is 22.6. The summed E-state index contributed by atoms with van der Waals surface area (Å²) in [7, 11) is 0. The molecule has 11 nitrogen and oxygen atoms in total. The maximum atomic E-state index is 13.0. The number of rotatable bonds is 8. The summed E-state index contributed by atoms with van der Waals surface area (Å²) in [5.74, 6) is 0.599. The van der Waals surface area contributed by atoms with Crippen molar-refractivity contribution >= 4 is 17.9 Å². The summed E-state index contributed by atoms with van der Waals surface area (Å²) in [6.07, 6.45) is 1.56. The van der Waals surface area contributed by atoms with Crippen LogP contribution in [0.25, 0.3) is 17.1 Å². The zero-order valence-electron chi connectivity index (χ0n) is 19.0. The molecular formula is C23H24N8O3. The normalized spacial score (nSPS) is 11.3. The van der Waals surface area contributed by atoms with Crippen molar-refractivity contribution < 1.29 is 14.2 Å². The van der Waals surface area contributed by atoms with Crippen molar-refractivity contribution in [2.75, 3.05) is 12.3 Å². The van der Waals surface area contributed by atoms with Crippen LogP contribution in [0.3, 0.4) is 0 Å². The zero-order valence-corrected chi connectivity index (χ0v) is 19.0. The Morgan fingerprint density at radius 2 is 2.03 bits per heavy atom. The van der Waals surface area contributed by atoms with Crippen molar-refractivity contribution in [2.45, 2.75) is 26.7 Å². The number of anilines is 1. The fourth-order valence-electron chi connectivity index (χ4n) is 3.27. The SMILES string of the molecule is CCOc1cccc(-c2c(C(=O)N/N=C\c3ccc(C(C)C)cc3)nnn2-c2nonc2N)c1. The van der Waals surface area contributed by atoms with Gasteiger partial charge in [-0.2, -0.15) is 9.78 Å². The summed E-state index contributed by atoms with van der Waals surface area (Å²) in [5.41, 5.74) is 11.4. The van der Waals surface area contributed by atoms with E-state index in [1.807, 2.05) is 37.3 Å². The molecule has 0 unspecified atom stereocenters. The number of benzene rings is 2. The summed E-state index contributed by atoms with van der Waals surface area (Å²) < 4.78 is 11.6. The van der Waals surface area contributed by atoms with E-state index >= 15 is 0 Å². The Morgan fingerprint density at radius 1 is 1.24 bits per heavy atom. The monoisotopic (exact) mass is 460 g/mol. The number of hydrazone groups is 1. The minimum Gasteiger partial charge on any atom is -0.494 e. The third-order valence-corrected chi connectivity index (χ3v) is 4.98. The van der Waals surface area contributed by atoms with Gasteiger partial charge >= 0.3 is 0 Å². The molecule has 0 spiro atoms. The molecule has 0 saturated carbocycles. The molecule has 2 heterocycles. The van der Waals surface area contributed by atoms with Gasteiger partial charge in [0.15, 0.2) is 5.69 Å². The molecule has 0 aliphatic rings. The fourth-order valence-corrected chi connectivity index (χ4v) is 3.27. The number of ether oxygens (including phenoxy) is 1. The molecule has 0 radical (unpaired) electrons. The van der Waals surface area contributed by atoms with Crippen LogP contribution in [0.1, 0.15) is 48.3 Å². The number of nitrogens with two attached hydrogens (primary N) is 1. The van der Waals surface area contributed by atoms with Gasteiger partial charge in [0.1, 0.15) is 11.4 Å². The van der Waals surface area contributed by atoms with Crippen LogP contribution in [0.5, 0.6) is 5.75 Å². The Hall–Kier alpha value is -4.54. The highest BCUT2D eigenvalue weighted by Crippen LogP contribution is 2.29. The van der Waals surface area contributed by atoms with Gasteiger partial charge in [-0.25, -0.2) is 10.1 Å². The number of carbonyl (C=O) groups is 1. The van der Waals surface area contributed by atoms with Crippen molar-refractivity contribution in [3.63, 3.8) is 0 Å². The summed E-state index contributed by atoms with van der Waals surface area (Å²) >= 11 is 0. The van der Waals surface area contributed by atoms with Crippen LogP contribution in [-0.4, -0.2) is 44.0 Å². The lowest BCUT2D eigenvalue weighted by atomic mass is 10.0. The molecule has 4 rings (SSSR count). The van der Waals surface area contributed by atoms with Crippen LogP contribution in [0.4, 0.5) is 5.82 Å². The molecule has 0 saturated heterocycles. The lowest BCUT2D eigenvalue weighted by Crippen LogP contribution is -2.19. The van der Waals surface area contributed by atoms with E-state index in [1.54, 1.807) is 24.4 Å². The van der Waals surface area contributed by atoms with Crippen molar-refractivity contribution in [2.24, 2.45) is 5.10 Å². The van der Waals surface area contributed by atoms with E-state index < -0.39 is 5.91 Å². The zero-order chi connectivity index (χ0) is 24.1. The maximum Gasteiger partial charge on any atom is 0.294 e. The number of nitrogen functional groups attached to an aromatic ring is 1. The summed E-state index contributed by atoms with van der Waals surface area (Å²) in [4.78, 5) is 13.0. The van der Waals surface area contributed by atoms with Crippen molar-refractivity contribution in [3.8, 4) is 22.8 Å². The minimum atomic E-state index is -0.562. The van der Waals surface area contributed by atoms with Crippen molar-refractivity contribution in [1.29, 1.82) is 0 Å². The quantitative estimate of drug-likeness (QED) is 0.301. The molecule has 0 bridgehead atoms. The van der Waals surface area contributed by atoms with Crippen LogP contribution in [0.2, 0.25) is 0 Å². The van der Waals surface area contributed by atoms with Crippen LogP contribution < -0.4 is 15.9 Å². The molecule has 0 aliphatic carbocycles. The summed E-state index contributed by atoms with van der Waals surface area (Å²) in [6.45, 7) is 6.62. The van der Waals surface area contributed by atoms with Gasteiger partial charge in [-0.3, -0.25) is 4.79 Å². The number of amides is 1. The third kappa shape index (κ3) is 4.77. The fraction of sp³-hybridized carbons (Fsp3) is 0.217. The highest BCUT2D eigenvalue weighted by molar-refractivity contribution is 5.99. The lowest BCUT2D eigenvalue weighted by Gasteiger charge is -2.08. The van der Waals surface area contributed by atoms with Gasteiger partial charge in [0.25, 0.3) is 5.91 Å². The van der Waals surface area contributed by atoms with E-state index in [-0.39, 0.29) is 17.3 Å². The number of nitrogens with zero attached hydrogens (tertiary/aromatic N) is 6. The number of nitrogens with one attached hydrogen (secondary N) is 1. The summed E-state index contributed by atoms with van der Waals surface area (Å²) in [5, 5.41) is 19.5. The molecule has 0 aliphatic heterocycles. The van der Waals surface area contributed by atoms with E-state index in [0.717, 1.165) is 5.56 Å². The smallest absolute Gasteiger partial charge is 0.294 e. The maximum absolute atomic E-state index is 13.0. The largest absolute Gasteiger partial charge is 0.494 e. The molecule has 0 atom stereocenters. The molecule has 11 heteroatoms. The summed E-state index contributed by atoms with van der Waals surface area (Å²) in [6, 6.07) is 15.1. The average molecular weight is 460 g/mol. The van der Waals surface area contributed by atoms with Gasteiger partial charge in [-0.1, -0.05) is 55.5 Å². The average Bonchev–Trinajstić information content (AvgIpc) is 3.45. The molecule has 0 fully saturated rings. The Bertz CT molecular complexity index is 1310. The number of hydrogen-bond acceptors (Lipinski definition) is 9. The van der Waals surface area contributed by atoms with Gasteiger partial charge in [0.05, 0.1) is 12.8 Å². The minimum absolute atomic E-state index is 0.00179. The molecule has 4 aromatic rings. The molecule has 3 N–H and O–H groups in total. The van der Waals surface area contributed by atoms with Gasteiger partial charge in [0, 0.05) is 5.56 Å². The Morgan fingerprint density at radius 3 is 2.71 bits per heavy atom. The van der Waals surface area contributed by atoms with E-state index in [1.165, 1.54) is 10.2 Å². The van der Waals surface area contributed by atoms with Crippen LogP contribution in [0.15, 0.2) is 58.3 Å². The van der Waals surface area contributed by atoms with E-state index in [0.29, 0.717) is 29.5 Å². The first-order valence-electron chi connectivity index (χ1n) is 10.7. The standard InChI is InChI=1S/C23H24N8O3/c1-4-33-18-7-5-6-17(12-18)20-19(26-30-31(20)22-21(24)28-34-29-22)23(32)27-25-13-15-8-10-16(11-9-15)14(2)3/h5-14H,4H2,1-3H3,(H2,24,28)(H,27,32)/b25-13-. The number of hydrogen-bond donors (Lipinski definition) is 2. The second kappa shape index (κ2) is 9.94. The number of carbonyl (C=O) groups excluding carboxylic acids is 1. The Kier molecular flexibility index (Phi) is 6.62. The second-order valence-electron chi connectivity index (χ2n) is 7.65. The number of aromatic nitrogens is 5. The van der Waals surface area contributed by atoms with Gasteiger partial charge < -0.3 is 10.5 Å². The van der Waals surface area contributed by atoms with Crippen LogP contribution >= 0.6 is 0 Å². The molecule has 2 aromatic carbocycles. The molecular weight excluding hydrogens is 436 g/mol. The lowest BCUT2D eigenvalue weighted by molar-refractivity contribution is 0.0950. The molecule has 34 heavy (non-hydrogen) atoms. The van der Waals surface area contributed by atoms with Crippen molar-refractivity contribution in [3.05, 3.63) is 65.4 Å². The second-order valence-corrected chi connectivity index (χ2v) is 7.65. The van der Waals surface area contributed by atoms with Gasteiger partial charge in [-0.15, -0.1) is 5.10 Å². The predicted octanol–water partition coefficient (Wildman–Crippen LogP) is 3.19. The predicted molar refractivity (Wildman–Crippen MR) is 126 cm³/mol. The Balaban J connectivity index is 1.65. The van der Waals surface area contributed by atoms with Gasteiger partial charge in [0.2, 0.25) is 11.6 Å². The molecule has 174 valence electrons. The first-order chi connectivity index (χ1) is 16.5. The van der Waals surface area contributed by atoms with E-state index in [9.17, 15) is 4.79 Å². The van der Waals surface area contributed by atoms with E-state index in [2.05, 4.69) is 45.0 Å². The highest BCUT2D eigenvalue weighted by Gasteiger charge is 2.25. The van der Waals surface area contributed by atoms with Crippen LogP contribution in [0, 0.1) is 0 Å². The van der Waals surface area contributed by atoms with Gasteiger partial charge in [-0.05, 0) is 46.4 Å². The first-order valence-corrected chi connectivity index (χ1v) is 10.7. The topological polar surface area (TPSA) is 146 Å². The molecule has 1 amide bonds. The van der Waals surface area contributed by atoms with Crippen molar-refractivity contribution in [1.82, 2.24) is 30.7 Å². The van der Waals surface area contributed by atoms with E-state index in [4.69, 9.17) is 15.1 Å². The highest BCUT2D eigenvalue weighted by atomic mass is 16.6.